The van der Waals surface area contributed by atoms with E-state index in [0.29, 0.717) is 16.4 Å². The molecule has 0 aromatic heterocycles. The van der Waals surface area contributed by atoms with Crippen molar-refractivity contribution in [1.29, 1.82) is 0 Å². The van der Waals surface area contributed by atoms with Crippen LogP contribution in [0.25, 0.3) is 0 Å². The van der Waals surface area contributed by atoms with Crippen molar-refractivity contribution in [2.45, 2.75) is 0 Å². The van der Waals surface area contributed by atoms with Crippen molar-refractivity contribution >= 4 is 28.7 Å². The van der Waals surface area contributed by atoms with Gasteiger partial charge in [0.05, 0.1) is 10.7 Å². The van der Waals surface area contributed by atoms with Crippen molar-refractivity contribution in [3.8, 4) is 0 Å². The molecule has 2 aromatic rings. The van der Waals surface area contributed by atoms with Crippen molar-refractivity contribution in [2.75, 3.05) is 5.73 Å². The van der Waals surface area contributed by atoms with Crippen molar-refractivity contribution < 1.29 is 0 Å². The fraction of sp³-hybridized carbons (Fsp3) is 0. The second-order valence-corrected chi connectivity index (χ2v) is 3.65. The van der Waals surface area contributed by atoms with E-state index in [1.807, 2.05) is 18.2 Å². The topological polar surface area (TPSA) is 50.7 Å². The zero-order valence-electron chi connectivity index (χ0n) is 8.47. The Morgan fingerprint density at radius 3 is 2.25 bits per heavy atom. The first-order chi connectivity index (χ1) is 7.75. The smallest absolute Gasteiger partial charge is 0.104 e. The molecule has 0 spiro atoms. The maximum absolute atomic E-state index is 5.94. The van der Waals surface area contributed by atoms with Gasteiger partial charge in [-0.05, 0) is 36.4 Å². The minimum Gasteiger partial charge on any atom is -0.399 e. The molecule has 0 heterocycles. The third-order valence-electron chi connectivity index (χ3n) is 2.02. The number of hydrogen-bond acceptors (Lipinski definition) is 3. The van der Waals surface area contributed by atoms with Crippen LogP contribution in [0, 0.1) is 0 Å². The zero-order chi connectivity index (χ0) is 11.4. The van der Waals surface area contributed by atoms with Crippen molar-refractivity contribution in [1.82, 2.24) is 0 Å². The van der Waals surface area contributed by atoms with Gasteiger partial charge < -0.3 is 5.73 Å². The van der Waals surface area contributed by atoms with Gasteiger partial charge in [-0.15, -0.1) is 5.11 Å². The lowest BCUT2D eigenvalue weighted by molar-refractivity contribution is 1.23. The molecule has 0 atom stereocenters. The molecule has 2 N–H and O–H groups in total. The molecule has 0 aliphatic carbocycles. The van der Waals surface area contributed by atoms with E-state index in [9.17, 15) is 0 Å². The summed E-state index contributed by atoms with van der Waals surface area (Å²) in [6.45, 7) is 0. The van der Waals surface area contributed by atoms with E-state index in [1.165, 1.54) is 0 Å². The normalized spacial score (nSPS) is 10.8. The van der Waals surface area contributed by atoms with Crippen LogP contribution in [0.15, 0.2) is 58.8 Å². The van der Waals surface area contributed by atoms with E-state index in [2.05, 4.69) is 10.2 Å². The molecule has 0 saturated heterocycles. The number of rotatable bonds is 2. The summed E-state index contributed by atoms with van der Waals surface area (Å²) >= 11 is 5.94. The number of azo groups is 1. The quantitative estimate of drug-likeness (QED) is 0.607. The lowest BCUT2D eigenvalue weighted by atomic mass is 10.3. The Kier molecular flexibility index (Phi) is 3.17. The molecule has 0 radical (unpaired) electrons. The average molecular weight is 232 g/mol. The summed E-state index contributed by atoms with van der Waals surface area (Å²) in [5.74, 6) is 0. The molecule has 0 aliphatic heterocycles. The van der Waals surface area contributed by atoms with Crippen LogP contribution < -0.4 is 5.73 Å². The molecule has 0 bridgehead atoms. The third kappa shape index (κ3) is 2.58. The van der Waals surface area contributed by atoms with E-state index in [4.69, 9.17) is 17.3 Å². The number of nitrogen functional groups attached to an aromatic ring is 1. The summed E-state index contributed by atoms with van der Waals surface area (Å²) in [6.07, 6.45) is 0. The summed E-state index contributed by atoms with van der Waals surface area (Å²) in [5, 5.41) is 8.71. The number of benzene rings is 2. The Morgan fingerprint density at radius 1 is 0.875 bits per heavy atom. The predicted octanol–water partition coefficient (Wildman–Crippen LogP) is 4.34. The van der Waals surface area contributed by atoms with Gasteiger partial charge in [0.15, 0.2) is 0 Å². The summed E-state index contributed by atoms with van der Waals surface area (Å²) in [6, 6.07) is 14.5. The summed E-state index contributed by atoms with van der Waals surface area (Å²) in [5.41, 5.74) is 7.67. The van der Waals surface area contributed by atoms with Gasteiger partial charge in [-0.25, -0.2) is 0 Å². The fourth-order valence-electron chi connectivity index (χ4n) is 1.19. The van der Waals surface area contributed by atoms with Gasteiger partial charge in [0.25, 0.3) is 0 Å². The van der Waals surface area contributed by atoms with Crippen LogP contribution in [0.3, 0.4) is 0 Å². The number of anilines is 1. The second-order valence-electron chi connectivity index (χ2n) is 3.24. The largest absolute Gasteiger partial charge is 0.399 e. The van der Waals surface area contributed by atoms with Gasteiger partial charge in [-0.1, -0.05) is 23.7 Å². The molecule has 0 amide bonds. The van der Waals surface area contributed by atoms with Crippen LogP contribution >= 0.6 is 11.6 Å². The monoisotopic (exact) mass is 231 g/mol. The van der Waals surface area contributed by atoms with Crippen LogP contribution in [-0.4, -0.2) is 0 Å². The van der Waals surface area contributed by atoms with E-state index in [1.54, 1.807) is 30.3 Å². The van der Waals surface area contributed by atoms with E-state index in [-0.39, 0.29) is 0 Å². The molecule has 0 unspecified atom stereocenters. The van der Waals surface area contributed by atoms with Crippen molar-refractivity contribution in [2.24, 2.45) is 10.2 Å². The number of nitrogens with zero attached hydrogens (tertiary/aromatic N) is 2. The first-order valence-electron chi connectivity index (χ1n) is 4.77. The third-order valence-corrected chi connectivity index (χ3v) is 2.34. The molecule has 3 nitrogen and oxygen atoms in total. The molecule has 0 aliphatic rings. The Hall–Kier alpha value is -1.87. The second kappa shape index (κ2) is 4.77. The highest BCUT2D eigenvalue weighted by Gasteiger charge is 1.95. The standard InChI is InChI=1S/C12H10ClN3/c13-11-3-1-2-4-12(11)16-15-10-7-5-9(14)6-8-10/h1-8H,14H2/b16-15+. The Morgan fingerprint density at radius 2 is 1.56 bits per heavy atom. The van der Waals surface area contributed by atoms with Gasteiger partial charge in [-0.2, -0.15) is 5.11 Å². The van der Waals surface area contributed by atoms with Gasteiger partial charge in [0.1, 0.15) is 5.69 Å². The molecular weight excluding hydrogens is 222 g/mol. The van der Waals surface area contributed by atoms with E-state index < -0.39 is 0 Å². The molecule has 2 rings (SSSR count). The highest BCUT2D eigenvalue weighted by molar-refractivity contribution is 6.32. The van der Waals surface area contributed by atoms with Crippen LogP contribution in [0.4, 0.5) is 17.1 Å². The summed E-state index contributed by atoms with van der Waals surface area (Å²) in [4.78, 5) is 0. The first-order valence-corrected chi connectivity index (χ1v) is 5.15. The van der Waals surface area contributed by atoms with Crippen LogP contribution in [0.2, 0.25) is 5.02 Å². The molecule has 80 valence electrons. The maximum Gasteiger partial charge on any atom is 0.104 e. The Balaban J connectivity index is 2.21. The number of nitrogens with two attached hydrogens (primary N) is 1. The highest BCUT2D eigenvalue weighted by atomic mass is 35.5. The van der Waals surface area contributed by atoms with Gasteiger partial charge in [0, 0.05) is 5.69 Å². The molecule has 0 saturated carbocycles. The predicted molar refractivity (Wildman–Crippen MR) is 66.5 cm³/mol. The van der Waals surface area contributed by atoms with Crippen molar-refractivity contribution in [3.63, 3.8) is 0 Å². The minimum absolute atomic E-state index is 0.585. The molecule has 0 fully saturated rings. The fourth-order valence-corrected chi connectivity index (χ4v) is 1.36. The minimum atomic E-state index is 0.585. The van der Waals surface area contributed by atoms with Crippen LogP contribution in [0.5, 0.6) is 0 Å². The molecule has 4 heteroatoms. The molecular formula is C12H10ClN3. The lowest BCUT2D eigenvalue weighted by Gasteiger charge is -1.96. The van der Waals surface area contributed by atoms with Crippen LogP contribution in [0.1, 0.15) is 0 Å². The van der Waals surface area contributed by atoms with Gasteiger partial charge >= 0.3 is 0 Å². The molecule has 2 aromatic carbocycles. The zero-order valence-corrected chi connectivity index (χ0v) is 9.22. The summed E-state index contributed by atoms with van der Waals surface area (Å²) in [7, 11) is 0. The van der Waals surface area contributed by atoms with Gasteiger partial charge in [-0.3, -0.25) is 0 Å². The average Bonchev–Trinajstić information content (AvgIpc) is 2.30. The Bertz CT molecular complexity index is 506. The summed E-state index contributed by atoms with van der Waals surface area (Å²) < 4.78 is 0. The van der Waals surface area contributed by atoms with E-state index in [0.717, 1.165) is 5.69 Å². The number of hydrogen-bond donors (Lipinski definition) is 1. The van der Waals surface area contributed by atoms with Gasteiger partial charge in [0.2, 0.25) is 0 Å². The highest BCUT2D eigenvalue weighted by Crippen LogP contribution is 2.26. The lowest BCUT2D eigenvalue weighted by Crippen LogP contribution is -1.80. The maximum atomic E-state index is 5.94. The first kappa shape index (κ1) is 10.6. The van der Waals surface area contributed by atoms with Crippen molar-refractivity contribution in [3.05, 3.63) is 53.6 Å². The number of halogens is 1. The van der Waals surface area contributed by atoms with E-state index >= 15 is 0 Å². The van der Waals surface area contributed by atoms with Crippen LogP contribution in [-0.2, 0) is 0 Å². The molecule has 16 heavy (non-hydrogen) atoms. The Labute approximate surface area is 98.6 Å². The SMILES string of the molecule is Nc1ccc(/N=N/c2ccccc2Cl)cc1.